The van der Waals surface area contributed by atoms with Crippen LogP contribution < -0.4 is 0 Å². The molecule has 2 aromatic rings. The molecule has 0 fully saturated rings. The molecule has 20 heavy (non-hydrogen) atoms. The number of benzene rings is 2. The third-order valence-corrected chi connectivity index (χ3v) is 4.36. The number of thioether (sulfide) groups is 1. The van der Waals surface area contributed by atoms with Crippen molar-refractivity contribution in [2.24, 2.45) is 0 Å². The molecule has 104 valence electrons. The van der Waals surface area contributed by atoms with Gasteiger partial charge >= 0.3 is 0 Å². The molecule has 0 aliphatic rings. The number of ketones is 1. The quantitative estimate of drug-likeness (QED) is 0.315. The number of carbonyl (C=O) groups excluding carboxylic acids is 1. The number of aryl methyl sites for hydroxylation is 1. The van der Waals surface area contributed by atoms with Crippen LogP contribution in [0.2, 0.25) is 0 Å². The Kier molecular flexibility index (Phi) is 6.16. The summed E-state index contributed by atoms with van der Waals surface area (Å²) in [6.07, 6.45) is 2.26. The van der Waals surface area contributed by atoms with Crippen molar-refractivity contribution in [2.45, 2.75) is 17.7 Å². The van der Waals surface area contributed by atoms with E-state index in [0.29, 0.717) is 5.56 Å². The first-order valence-corrected chi connectivity index (χ1v) is 8.17. The number of halogens is 1. The Hall–Kier alpha value is -1.25. The summed E-state index contributed by atoms with van der Waals surface area (Å²) >= 11 is 7.36. The number of rotatable bonds is 7. The first-order chi connectivity index (χ1) is 9.79. The van der Waals surface area contributed by atoms with Crippen molar-refractivity contribution < 1.29 is 4.79 Å². The van der Waals surface area contributed by atoms with Crippen molar-refractivity contribution in [1.82, 2.24) is 0 Å². The van der Waals surface area contributed by atoms with Gasteiger partial charge in [-0.2, -0.15) is 0 Å². The molecule has 0 radical (unpaired) electrons. The monoisotopic (exact) mass is 304 g/mol. The van der Waals surface area contributed by atoms with E-state index in [9.17, 15) is 4.79 Å². The van der Waals surface area contributed by atoms with Crippen LogP contribution in [-0.4, -0.2) is 17.4 Å². The summed E-state index contributed by atoms with van der Waals surface area (Å²) < 4.78 is 0. The topological polar surface area (TPSA) is 17.1 Å². The Bertz CT molecular complexity index is 537. The highest BCUT2D eigenvalue weighted by Gasteiger charge is 2.03. The zero-order valence-electron chi connectivity index (χ0n) is 11.2. The lowest BCUT2D eigenvalue weighted by Crippen LogP contribution is -1.99. The Morgan fingerprint density at radius 1 is 1.00 bits per heavy atom. The van der Waals surface area contributed by atoms with Gasteiger partial charge in [-0.25, -0.2) is 0 Å². The second-order valence-electron chi connectivity index (χ2n) is 4.52. The molecule has 0 amide bonds. The maximum absolute atomic E-state index is 11.4. The summed E-state index contributed by atoms with van der Waals surface area (Å²) in [5.74, 6) is 1.11. The molecule has 0 saturated carbocycles. The van der Waals surface area contributed by atoms with Gasteiger partial charge in [0, 0.05) is 10.5 Å². The highest BCUT2D eigenvalue weighted by molar-refractivity contribution is 7.99. The van der Waals surface area contributed by atoms with Crippen LogP contribution in [0.4, 0.5) is 0 Å². The first-order valence-electron chi connectivity index (χ1n) is 6.65. The summed E-state index contributed by atoms with van der Waals surface area (Å²) in [5.41, 5.74) is 2.07. The third kappa shape index (κ3) is 4.69. The number of hydrogen-bond acceptors (Lipinski definition) is 2. The minimum Gasteiger partial charge on any atom is -0.293 e. The summed E-state index contributed by atoms with van der Waals surface area (Å²) in [6.45, 7) is 0. The highest BCUT2D eigenvalue weighted by Crippen LogP contribution is 2.20. The summed E-state index contributed by atoms with van der Waals surface area (Å²) in [6, 6.07) is 18.2. The molecule has 2 rings (SSSR count). The molecule has 0 aromatic heterocycles. The second kappa shape index (κ2) is 8.13. The SMILES string of the molecule is O=C(CCl)c1ccc(SCCCc2ccccc2)cc1. The number of Topliss-reactive ketones (excluding diaryl/α,β-unsaturated/α-hetero) is 1. The van der Waals surface area contributed by atoms with E-state index in [1.165, 1.54) is 10.5 Å². The van der Waals surface area contributed by atoms with Crippen molar-refractivity contribution in [3.63, 3.8) is 0 Å². The molecule has 0 bridgehead atoms. The van der Waals surface area contributed by atoms with Gasteiger partial charge < -0.3 is 0 Å². The van der Waals surface area contributed by atoms with Crippen molar-refractivity contribution in [1.29, 1.82) is 0 Å². The van der Waals surface area contributed by atoms with Crippen molar-refractivity contribution in [2.75, 3.05) is 11.6 Å². The van der Waals surface area contributed by atoms with Crippen molar-refractivity contribution in [3.05, 3.63) is 65.7 Å². The molecule has 0 unspecified atom stereocenters. The van der Waals surface area contributed by atoms with Crippen molar-refractivity contribution in [3.8, 4) is 0 Å². The summed E-state index contributed by atoms with van der Waals surface area (Å²) in [7, 11) is 0. The molecule has 0 aliphatic carbocycles. The molecule has 1 nitrogen and oxygen atoms in total. The average molecular weight is 305 g/mol. The Balaban J connectivity index is 1.75. The molecule has 0 spiro atoms. The molecule has 2 aromatic carbocycles. The highest BCUT2D eigenvalue weighted by atomic mass is 35.5. The molecular formula is C17H17ClOS. The molecule has 0 saturated heterocycles. The van der Waals surface area contributed by atoms with Gasteiger partial charge in [-0.15, -0.1) is 23.4 Å². The maximum atomic E-state index is 11.4. The first kappa shape index (κ1) is 15.1. The van der Waals surface area contributed by atoms with Crippen LogP contribution in [0.15, 0.2) is 59.5 Å². The standard InChI is InChI=1S/C17H17ClOS/c18-13-17(19)15-8-10-16(11-9-15)20-12-4-7-14-5-2-1-3-6-14/h1-3,5-6,8-11H,4,7,12-13H2. The molecule has 0 atom stereocenters. The molecular weight excluding hydrogens is 288 g/mol. The zero-order chi connectivity index (χ0) is 14.2. The predicted molar refractivity (Wildman–Crippen MR) is 87.0 cm³/mol. The van der Waals surface area contributed by atoms with Crippen LogP contribution in [0.5, 0.6) is 0 Å². The lowest BCUT2D eigenvalue weighted by molar-refractivity contribution is 0.102. The van der Waals surface area contributed by atoms with Crippen molar-refractivity contribution >= 4 is 29.1 Å². The van der Waals surface area contributed by atoms with Crippen LogP contribution in [-0.2, 0) is 6.42 Å². The minimum absolute atomic E-state index is 0.0210. The van der Waals surface area contributed by atoms with E-state index in [-0.39, 0.29) is 11.7 Å². The van der Waals surface area contributed by atoms with Gasteiger partial charge in [-0.3, -0.25) is 4.79 Å². The van der Waals surface area contributed by atoms with Gasteiger partial charge in [0.05, 0.1) is 5.88 Å². The Morgan fingerprint density at radius 3 is 2.35 bits per heavy atom. The fourth-order valence-corrected chi connectivity index (χ4v) is 2.93. The van der Waals surface area contributed by atoms with Gasteiger partial charge in [-0.1, -0.05) is 42.5 Å². The molecule has 0 N–H and O–H groups in total. The van der Waals surface area contributed by atoms with Crippen LogP contribution >= 0.6 is 23.4 Å². The predicted octanol–water partition coefficient (Wildman–Crippen LogP) is 4.83. The van der Waals surface area contributed by atoms with Crippen LogP contribution in [0, 0.1) is 0 Å². The van der Waals surface area contributed by atoms with Crippen LogP contribution in [0.1, 0.15) is 22.3 Å². The van der Waals surface area contributed by atoms with Gasteiger partial charge in [-0.05, 0) is 36.3 Å². The van der Waals surface area contributed by atoms with Gasteiger partial charge in [0.25, 0.3) is 0 Å². The Morgan fingerprint density at radius 2 is 1.70 bits per heavy atom. The van der Waals surface area contributed by atoms with E-state index in [4.69, 9.17) is 11.6 Å². The fraction of sp³-hybridized carbons (Fsp3) is 0.235. The van der Waals surface area contributed by atoms with Crippen LogP contribution in [0.3, 0.4) is 0 Å². The minimum atomic E-state index is -0.0210. The van der Waals surface area contributed by atoms with E-state index in [0.717, 1.165) is 18.6 Å². The lowest BCUT2D eigenvalue weighted by atomic mass is 10.1. The molecule has 0 heterocycles. The number of carbonyl (C=O) groups is 1. The zero-order valence-corrected chi connectivity index (χ0v) is 12.8. The summed E-state index contributed by atoms with van der Waals surface area (Å²) in [5, 5.41) is 0. The van der Waals surface area contributed by atoms with E-state index >= 15 is 0 Å². The Labute approximate surface area is 129 Å². The summed E-state index contributed by atoms with van der Waals surface area (Å²) in [4.78, 5) is 12.6. The van der Waals surface area contributed by atoms with E-state index in [2.05, 4.69) is 24.3 Å². The van der Waals surface area contributed by atoms with E-state index in [1.807, 2.05) is 42.1 Å². The van der Waals surface area contributed by atoms with Gasteiger partial charge in [0.1, 0.15) is 0 Å². The number of hydrogen-bond donors (Lipinski definition) is 0. The lowest BCUT2D eigenvalue weighted by Gasteiger charge is -2.03. The number of alkyl halides is 1. The van der Waals surface area contributed by atoms with E-state index in [1.54, 1.807) is 0 Å². The molecule has 0 aliphatic heterocycles. The maximum Gasteiger partial charge on any atom is 0.177 e. The largest absolute Gasteiger partial charge is 0.293 e. The average Bonchev–Trinajstić information content (AvgIpc) is 2.52. The fourth-order valence-electron chi connectivity index (χ4n) is 1.93. The van der Waals surface area contributed by atoms with E-state index < -0.39 is 0 Å². The smallest absolute Gasteiger partial charge is 0.177 e. The van der Waals surface area contributed by atoms with Crippen LogP contribution in [0.25, 0.3) is 0 Å². The molecule has 3 heteroatoms. The second-order valence-corrected chi connectivity index (χ2v) is 5.95. The normalized spacial score (nSPS) is 10.4. The van der Waals surface area contributed by atoms with Gasteiger partial charge in [0.2, 0.25) is 0 Å². The third-order valence-electron chi connectivity index (χ3n) is 3.02. The van der Waals surface area contributed by atoms with Gasteiger partial charge in [0.15, 0.2) is 5.78 Å².